The molecule has 0 spiro atoms. The van der Waals surface area contributed by atoms with Gasteiger partial charge in [-0.1, -0.05) is 79.7 Å². The highest BCUT2D eigenvalue weighted by atomic mass is 16.5. The molecule has 0 aliphatic carbocycles. The minimum atomic E-state index is 0.749. The molecule has 1 saturated heterocycles. The lowest BCUT2D eigenvalue weighted by molar-refractivity contribution is 0.238. The van der Waals surface area contributed by atoms with Gasteiger partial charge >= 0.3 is 0 Å². The molecule has 2 nitrogen and oxygen atoms in total. The fraction of sp³-hybridized carbons (Fsp3) is 0.286. The molecule has 0 aromatic heterocycles. The van der Waals surface area contributed by atoms with Crippen LogP contribution in [-0.4, -0.2) is 31.1 Å². The Kier molecular flexibility index (Phi) is 6.99. The van der Waals surface area contributed by atoms with E-state index in [4.69, 9.17) is 4.74 Å². The van der Waals surface area contributed by atoms with E-state index >= 15 is 0 Å². The number of allylic oxidation sites excluding steroid dienone is 1. The van der Waals surface area contributed by atoms with Gasteiger partial charge in [-0.15, -0.1) is 0 Å². The van der Waals surface area contributed by atoms with Crippen molar-refractivity contribution < 1.29 is 4.74 Å². The zero-order valence-electron chi connectivity index (χ0n) is 17.9. The summed E-state index contributed by atoms with van der Waals surface area (Å²) in [6.07, 6.45) is 3.60. The predicted molar refractivity (Wildman–Crippen MR) is 127 cm³/mol. The van der Waals surface area contributed by atoms with E-state index in [9.17, 15) is 0 Å². The lowest BCUT2D eigenvalue weighted by atomic mass is 9.88. The van der Waals surface area contributed by atoms with E-state index in [2.05, 4.69) is 96.8 Å². The number of nitrogens with zero attached hydrogens (tertiary/aromatic N) is 1. The van der Waals surface area contributed by atoms with Crippen molar-refractivity contribution in [1.82, 2.24) is 4.90 Å². The minimum Gasteiger partial charge on any atom is -0.492 e. The van der Waals surface area contributed by atoms with Gasteiger partial charge in [0.15, 0.2) is 0 Å². The maximum atomic E-state index is 6.13. The molecule has 4 rings (SSSR count). The van der Waals surface area contributed by atoms with Crippen LogP contribution in [0, 0.1) is 0 Å². The van der Waals surface area contributed by atoms with Crippen LogP contribution in [0.2, 0.25) is 0 Å². The summed E-state index contributed by atoms with van der Waals surface area (Å²) in [5.74, 6) is 0.957. The summed E-state index contributed by atoms with van der Waals surface area (Å²) >= 11 is 0. The van der Waals surface area contributed by atoms with Gasteiger partial charge in [-0.05, 0) is 72.3 Å². The molecule has 0 saturated carbocycles. The SMILES string of the molecule is CCC(=C(c1ccccc1)c1ccccc1)c1cccc(OCCN2CCCC2)c1. The lowest BCUT2D eigenvalue weighted by Crippen LogP contribution is -2.25. The molecule has 0 atom stereocenters. The molecule has 0 unspecified atom stereocenters. The zero-order valence-corrected chi connectivity index (χ0v) is 17.9. The summed E-state index contributed by atoms with van der Waals surface area (Å²) in [6, 6.07) is 30.0. The van der Waals surface area contributed by atoms with Crippen molar-refractivity contribution in [2.45, 2.75) is 26.2 Å². The van der Waals surface area contributed by atoms with Gasteiger partial charge in [0.25, 0.3) is 0 Å². The fourth-order valence-electron chi connectivity index (χ4n) is 4.32. The number of benzene rings is 3. The molecule has 0 radical (unpaired) electrons. The van der Waals surface area contributed by atoms with Crippen LogP contribution in [0.5, 0.6) is 5.75 Å². The Morgan fingerprint density at radius 1 is 0.767 bits per heavy atom. The smallest absolute Gasteiger partial charge is 0.119 e. The van der Waals surface area contributed by atoms with E-state index in [-0.39, 0.29) is 0 Å². The van der Waals surface area contributed by atoms with Crippen molar-refractivity contribution in [2.75, 3.05) is 26.2 Å². The number of hydrogen-bond donors (Lipinski definition) is 0. The van der Waals surface area contributed by atoms with Gasteiger partial charge in [0.05, 0.1) is 0 Å². The van der Waals surface area contributed by atoms with Crippen molar-refractivity contribution in [2.24, 2.45) is 0 Å². The first-order valence-corrected chi connectivity index (χ1v) is 11.1. The second-order valence-corrected chi connectivity index (χ2v) is 7.86. The quantitative estimate of drug-likeness (QED) is 0.401. The van der Waals surface area contributed by atoms with Crippen LogP contribution in [0.3, 0.4) is 0 Å². The third-order valence-corrected chi connectivity index (χ3v) is 5.84. The highest BCUT2D eigenvalue weighted by Gasteiger charge is 2.14. The lowest BCUT2D eigenvalue weighted by Gasteiger charge is -2.18. The van der Waals surface area contributed by atoms with E-state index in [1.807, 2.05) is 0 Å². The van der Waals surface area contributed by atoms with Crippen LogP contribution >= 0.6 is 0 Å². The summed E-state index contributed by atoms with van der Waals surface area (Å²) in [5, 5.41) is 0. The molecule has 154 valence electrons. The fourth-order valence-corrected chi connectivity index (χ4v) is 4.32. The Morgan fingerprint density at radius 2 is 1.37 bits per heavy atom. The Labute approximate surface area is 180 Å². The molecule has 30 heavy (non-hydrogen) atoms. The maximum Gasteiger partial charge on any atom is 0.119 e. The number of ether oxygens (including phenoxy) is 1. The highest BCUT2D eigenvalue weighted by molar-refractivity contribution is 5.98. The Bertz CT molecular complexity index is 915. The van der Waals surface area contributed by atoms with Gasteiger partial charge in [-0.2, -0.15) is 0 Å². The van der Waals surface area contributed by atoms with Gasteiger partial charge in [-0.3, -0.25) is 4.90 Å². The Balaban J connectivity index is 1.65. The second-order valence-electron chi connectivity index (χ2n) is 7.86. The Hall–Kier alpha value is -2.84. The van der Waals surface area contributed by atoms with Crippen LogP contribution in [0.1, 0.15) is 42.9 Å². The summed E-state index contributed by atoms with van der Waals surface area (Å²) < 4.78 is 6.13. The predicted octanol–water partition coefficient (Wildman–Crippen LogP) is 6.53. The monoisotopic (exact) mass is 397 g/mol. The first kappa shape index (κ1) is 20.4. The summed E-state index contributed by atoms with van der Waals surface area (Å²) in [5.41, 5.74) is 6.38. The summed E-state index contributed by atoms with van der Waals surface area (Å²) in [4.78, 5) is 2.49. The number of hydrogen-bond acceptors (Lipinski definition) is 2. The molecule has 1 fully saturated rings. The van der Waals surface area contributed by atoms with Crippen LogP contribution in [-0.2, 0) is 0 Å². The van der Waals surface area contributed by atoms with E-state index in [0.29, 0.717) is 0 Å². The van der Waals surface area contributed by atoms with Crippen LogP contribution in [0.15, 0.2) is 84.9 Å². The highest BCUT2D eigenvalue weighted by Crippen LogP contribution is 2.35. The molecule has 3 aromatic rings. The van der Waals surface area contributed by atoms with E-state index in [1.54, 1.807) is 0 Å². The molecular formula is C28H31NO. The van der Waals surface area contributed by atoms with Gasteiger partial charge in [0.2, 0.25) is 0 Å². The van der Waals surface area contributed by atoms with Crippen molar-refractivity contribution in [3.05, 3.63) is 102 Å². The molecule has 3 aromatic carbocycles. The maximum absolute atomic E-state index is 6.13. The van der Waals surface area contributed by atoms with Gasteiger partial charge in [-0.25, -0.2) is 0 Å². The Morgan fingerprint density at radius 3 is 1.97 bits per heavy atom. The van der Waals surface area contributed by atoms with Crippen molar-refractivity contribution >= 4 is 11.1 Å². The van der Waals surface area contributed by atoms with Crippen LogP contribution < -0.4 is 4.74 Å². The first-order chi connectivity index (χ1) is 14.8. The van der Waals surface area contributed by atoms with Crippen molar-refractivity contribution in [3.8, 4) is 5.75 Å². The first-order valence-electron chi connectivity index (χ1n) is 11.1. The third kappa shape index (κ3) is 5.01. The molecule has 0 N–H and O–H groups in total. The molecule has 1 aliphatic rings. The molecular weight excluding hydrogens is 366 g/mol. The summed E-state index contributed by atoms with van der Waals surface area (Å²) in [7, 11) is 0. The third-order valence-electron chi connectivity index (χ3n) is 5.84. The van der Waals surface area contributed by atoms with Crippen LogP contribution in [0.25, 0.3) is 11.1 Å². The van der Waals surface area contributed by atoms with Gasteiger partial charge < -0.3 is 4.74 Å². The molecule has 1 aliphatic heterocycles. The largest absolute Gasteiger partial charge is 0.492 e. The summed E-state index contributed by atoms with van der Waals surface area (Å²) in [6.45, 7) is 6.42. The van der Waals surface area contributed by atoms with Gasteiger partial charge in [0, 0.05) is 6.54 Å². The molecule has 1 heterocycles. The number of rotatable bonds is 8. The topological polar surface area (TPSA) is 12.5 Å². The van der Waals surface area contributed by atoms with Crippen molar-refractivity contribution in [1.29, 1.82) is 0 Å². The standard InChI is InChI=1S/C28H31NO/c1-2-27(28(23-12-5-3-6-13-23)24-14-7-4-8-15-24)25-16-11-17-26(22-25)30-21-20-29-18-9-10-19-29/h3-8,11-17,22H,2,9-10,18-21H2,1H3. The second kappa shape index (κ2) is 10.3. The van der Waals surface area contributed by atoms with Crippen molar-refractivity contribution in [3.63, 3.8) is 0 Å². The van der Waals surface area contributed by atoms with Gasteiger partial charge in [0.1, 0.15) is 12.4 Å². The minimum absolute atomic E-state index is 0.749. The molecule has 0 amide bonds. The van der Waals surface area contributed by atoms with E-state index in [0.717, 1.165) is 25.3 Å². The van der Waals surface area contributed by atoms with Crippen LogP contribution in [0.4, 0.5) is 0 Å². The molecule has 0 bridgehead atoms. The molecule has 2 heteroatoms. The van der Waals surface area contributed by atoms with E-state index < -0.39 is 0 Å². The number of likely N-dealkylation sites (tertiary alicyclic amines) is 1. The average molecular weight is 398 g/mol. The normalized spacial score (nSPS) is 13.9. The van der Waals surface area contributed by atoms with E-state index in [1.165, 1.54) is 53.8 Å². The zero-order chi connectivity index (χ0) is 20.6. The average Bonchev–Trinajstić information content (AvgIpc) is 3.32.